The molecule has 1 saturated heterocycles. The molecule has 0 spiro atoms. The van der Waals surface area contributed by atoms with Crippen LogP contribution in [0.15, 0.2) is 53.9 Å². The number of nitrogens with one attached hydrogen (secondary N) is 1. The first-order valence-electron chi connectivity index (χ1n) is 9.73. The number of carbonyl (C=O) groups is 3. The normalized spacial score (nSPS) is 18.7. The number of ketones is 1. The molecule has 1 N–H and O–H groups in total. The number of hydrogen-bond donors (Lipinski definition) is 1. The third kappa shape index (κ3) is 3.35. The highest BCUT2D eigenvalue weighted by Gasteiger charge is 2.49. The highest BCUT2D eigenvalue weighted by molar-refractivity contribution is 7.09. The molecular formula is C23H23N3O3S. The van der Waals surface area contributed by atoms with Crippen molar-refractivity contribution < 1.29 is 14.4 Å². The van der Waals surface area contributed by atoms with E-state index in [1.54, 1.807) is 30.4 Å². The van der Waals surface area contributed by atoms with Gasteiger partial charge in [-0.15, -0.1) is 11.3 Å². The Morgan fingerprint density at radius 2 is 1.83 bits per heavy atom. The lowest BCUT2D eigenvalue weighted by molar-refractivity contribution is -0.130. The minimum absolute atomic E-state index is 0.249. The van der Waals surface area contributed by atoms with E-state index in [1.165, 1.54) is 4.88 Å². The maximum Gasteiger partial charge on any atom is 0.325 e. The van der Waals surface area contributed by atoms with Crippen LogP contribution >= 0.6 is 11.3 Å². The highest BCUT2D eigenvalue weighted by Crippen LogP contribution is 2.29. The van der Waals surface area contributed by atoms with Gasteiger partial charge in [-0.1, -0.05) is 36.4 Å². The Bertz CT molecular complexity index is 1120. The van der Waals surface area contributed by atoms with Gasteiger partial charge in [0.25, 0.3) is 5.91 Å². The molecule has 1 aliphatic heterocycles. The molecular weight excluding hydrogens is 398 g/mol. The fraction of sp³-hybridized carbons (Fsp3) is 0.261. The van der Waals surface area contributed by atoms with Crippen molar-refractivity contribution in [1.82, 2.24) is 14.8 Å². The van der Waals surface area contributed by atoms with Gasteiger partial charge in [-0.2, -0.15) is 0 Å². The summed E-state index contributed by atoms with van der Waals surface area (Å²) in [6.45, 7) is 5.93. The topological polar surface area (TPSA) is 71.4 Å². The van der Waals surface area contributed by atoms with Gasteiger partial charge >= 0.3 is 6.03 Å². The van der Waals surface area contributed by atoms with Crippen molar-refractivity contribution >= 4 is 29.1 Å². The lowest BCUT2D eigenvalue weighted by Gasteiger charge is -2.22. The maximum absolute atomic E-state index is 13.1. The van der Waals surface area contributed by atoms with Gasteiger partial charge < -0.3 is 9.88 Å². The average Bonchev–Trinajstić information content (AvgIpc) is 3.40. The maximum atomic E-state index is 13.1. The van der Waals surface area contributed by atoms with E-state index >= 15 is 0 Å². The van der Waals surface area contributed by atoms with Crippen LogP contribution in [0.4, 0.5) is 4.79 Å². The van der Waals surface area contributed by atoms with Gasteiger partial charge in [0.15, 0.2) is 5.78 Å². The lowest BCUT2D eigenvalue weighted by Crippen LogP contribution is -2.41. The standard InChI is InChI=1S/C23H23N3O3S/c1-15-12-19(16(2)25(15)13-18-10-7-11-30-18)20(27)14-26-21(28)23(3,24-22(26)29)17-8-5-4-6-9-17/h4-12H,13-14H2,1-3H3,(H,24,29)/t23-/m0/s1. The Hall–Kier alpha value is -3.19. The number of nitrogens with zero attached hydrogens (tertiary/aromatic N) is 2. The average molecular weight is 422 g/mol. The summed E-state index contributed by atoms with van der Waals surface area (Å²) >= 11 is 1.67. The number of amides is 3. The number of Topliss-reactive ketones (excluding diaryl/α,β-unsaturated/α-hetero) is 1. The number of benzene rings is 1. The van der Waals surface area contributed by atoms with Crippen LogP contribution in [0.1, 0.15) is 39.1 Å². The number of carbonyl (C=O) groups excluding carboxylic acids is 3. The molecule has 154 valence electrons. The molecule has 0 bridgehead atoms. The fourth-order valence-electron chi connectivity index (χ4n) is 3.92. The Kier molecular flexibility index (Phi) is 5.07. The van der Waals surface area contributed by atoms with Crippen molar-refractivity contribution in [2.24, 2.45) is 0 Å². The molecule has 4 rings (SSSR count). The summed E-state index contributed by atoms with van der Waals surface area (Å²) < 4.78 is 2.08. The predicted molar refractivity (Wildman–Crippen MR) is 116 cm³/mol. The monoisotopic (exact) mass is 421 g/mol. The summed E-state index contributed by atoms with van der Waals surface area (Å²) in [7, 11) is 0. The largest absolute Gasteiger partial charge is 0.343 e. The minimum atomic E-state index is -1.17. The van der Waals surface area contributed by atoms with Crippen LogP contribution in [0, 0.1) is 13.8 Å². The number of urea groups is 1. The molecule has 6 nitrogen and oxygen atoms in total. The van der Waals surface area contributed by atoms with Gasteiger partial charge in [-0.25, -0.2) is 4.79 Å². The van der Waals surface area contributed by atoms with Gasteiger partial charge in [0.2, 0.25) is 0 Å². The first kappa shape index (κ1) is 20.1. The van der Waals surface area contributed by atoms with E-state index < -0.39 is 17.5 Å². The second-order valence-corrected chi connectivity index (χ2v) is 8.72. The van der Waals surface area contributed by atoms with Crippen LogP contribution < -0.4 is 5.32 Å². The summed E-state index contributed by atoms with van der Waals surface area (Å²) in [4.78, 5) is 40.9. The first-order valence-corrected chi connectivity index (χ1v) is 10.6. The van der Waals surface area contributed by atoms with Crippen molar-refractivity contribution in [1.29, 1.82) is 0 Å². The van der Waals surface area contributed by atoms with E-state index in [9.17, 15) is 14.4 Å². The van der Waals surface area contributed by atoms with Gasteiger partial charge in [0, 0.05) is 21.8 Å². The molecule has 0 saturated carbocycles. The van der Waals surface area contributed by atoms with E-state index in [-0.39, 0.29) is 12.3 Å². The van der Waals surface area contributed by atoms with Crippen LogP contribution in [-0.2, 0) is 16.9 Å². The fourth-order valence-corrected chi connectivity index (χ4v) is 4.61. The van der Waals surface area contributed by atoms with E-state index in [2.05, 4.69) is 16.0 Å². The first-order chi connectivity index (χ1) is 14.3. The van der Waals surface area contributed by atoms with Crippen molar-refractivity contribution in [3.05, 3.63) is 81.3 Å². The Balaban J connectivity index is 1.56. The third-order valence-corrected chi connectivity index (χ3v) is 6.56. The van der Waals surface area contributed by atoms with Crippen LogP contribution in [-0.4, -0.2) is 33.7 Å². The molecule has 1 aliphatic rings. The van der Waals surface area contributed by atoms with E-state index in [1.807, 2.05) is 49.6 Å². The summed E-state index contributed by atoms with van der Waals surface area (Å²) in [6.07, 6.45) is 0. The SMILES string of the molecule is Cc1cc(C(=O)CN2C(=O)N[C@@](C)(c3ccccc3)C2=O)c(C)n1Cc1cccs1. The van der Waals surface area contributed by atoms with E-state index in [4.69, 9.17) is 0 Å². The van der Waals surface area contributed by atoms with E-state index in [0.29, 0.717) is 17.7 Å². The Labute approximate surface area is 179 Å². The molecule has 1 aromatic carbocycles. The van der Waals surface area contributed by atoms with Gasteiger partial charge in [0.1, 0.15) is 5.54 Å². The zero-order chi connectivity index (χ0) is 21.5. The van der Waals surface area contributed by atoms with Crippen molar-refractivity contribution in [3.63, 3.8) is 0 Å². The number of hydrogen-bond acceptors (Lipinski definition) is 4. The summed E-state index contributed by atoms with van der Waals surface area (Å²) in [5, 5.41) is 4.77. The molecule has 1 fully saturated rings. The number of imide groups is 1. The van der Waals surface area contributed by atoms with Gasteiger partial charge in [-0.3, -0.25) is 14.5 Å². The minimum Gasteiger partial charge on any atom is -0.343 e. The summed E-state index contributed by atoms with van der Waals surface area (Å²) in [5.74, 6) is -0.666. The van der Waals surface area contributed by atoms with Crippen LogP contribution in [0.25, 0.3) is 0 Å². The zero-order valence-corrected chi connectivity index (χ0v) is 18.0. The number of thiophene rings is 1. The van der Waals surface area contributed by atoms with Crippen molar-refractivity contribution in [2.75, 3.05) is 6.54 Å². The summed E-state index contributed by atoms with van der Waals surface area (Å²) in [5.41, 5.74) is 1.86. The quantitative estimate of drug-likeness (QED) is 0.485. The molecule has 3 heterocycles. The van der Waals surface area contributed by atoms with Crippen LogP contribution in [0.5, 0.6) is 0 Å². The van der Waals surface area contributed by atoms with Gasteiger partial charge in [0.05, 0.1) is 13.1 Å². The Morgan fingerprint density at radius 3 is 2.50 bits per heavy atom. The molecule has 3 amide bonds. The molecule has 0 radical (unpaired) electrons. The van der Waals surface area contributed by atoms with Gasteiger partial charge in [-0.05, 0) is 43.8 Å². The van der Waals surface area contributed by atoms with E-state index in [0.717, 1.165) is 16.3 Å². The molecule has 0 unspecified atom stereocenters. The van der Waals surface area contributed by atoms with Crippen molar-refractivity contribution in [2.45, 2.75) is 32.9 Å². The number of rotatable bonds is 6. The predicted octanol–water partition coefficient (Wildman–Crippen LogP) is 3.86. The smallest absolute Gasteiger partial charge is 0.325 e. The number of aromatic nitrogens is 1. The Morgan fingerprint density at radius 1 is 1.10 bits per heavy atom. The second kappa shape index (κ2) is 7.57. The second-order valence-electron chi connectivity index (χ2n) is 7.69. The summed E-state index contributed by atoms with van der Waals surface area (Å²) in [6, 6.07) is 14.4. The number of aryl methyl sites for hydroxylation is 1. The third-order valence-electron chi connectivity index (χ3n) is 5.70. The lowest BCUT2D eigenvalue weighted by atomic mass is 9.92. The molecule has 30 heavy (non-hydrogen) atoms. The molecule has 0 aliphatic carbocycles. The molecule has 2 aromatic heterocycles. The molecule has 7 heteroatoms. The van der Waals surface area contributed by atoms with Crippen molar-refractivity contribution in [3.8, 4) is 0 Å². The molecule has 1 atom stereocenters. The highest BCUT2D eigenvalue weighted by atomic mass is 32.1. The molecule has 3 aromatic rings. The van der Waals surface area contributed by atoms with Crippen LogP contribution in [0.2, 0.25) is 0 Å². The van der Waals surface area contributed by atoms with Crippen LogP contribution in [0.3, 0.4) is 0 Å². The zero-order valence-electron chi connectivity index (χ0n) is 17.1.